The van der Waals surface area contributed by atoms with Crippen molar-refractivity contribution in [2.24, 2.45) is 11.8 Å². The summed E-state index contributed by atoms with van der Waals surface area (Å²) in [7, 11) is 0. The van der Waals surface area contributed by atoms with Gasteiger partial charge < -0.3 is 5.32 Å². The van der Waals surface area contributed by atoms with Crippen LogP contribution in [-0.2, 0) is 11.3 Å². The zero-order chi connectivity index (χ0) is 17.3. The molecule has 2 unspecified atom stereocenters. The highest BCUT2D eigenvalue weighted by Gasteiger charge is 2.52. The van der Waals surface area contributed by atoms with Crippen LogP contribution >= 0.6 is 11.6 Å². The van der Waals surface area contributed by atoms with Gasteiger partial charge in [0.2, 0.25) is 11.8 Å². The van der Waals surface area contributed by atoms with Gasteiger partial charge in [-0.15, -0.1) is 0 Å². The largest absolute Gasteiger partial charge is 0.392 e. The smallest absolute Gasteiger partial charge is 0.350 e. The van der Waals surface area contributed by atoms with Crippen LogP contribution < -0.4 is 5.32 Å². The summed E-state index contributed by atoms with van der Waals surface area (Å²) in [6, 6.07) is 0. The molecule has 0 saturated heterocycles. The first-order valence-corrected chi connectivity index (χ1v) is 7.14. The minimum absolute atomic E-state index is 0.0231. The van der Waals surface area contributed by atoms with E-state index in [2.05, 4.69) is 15.3 Å². The summed E-state index contributed by atoms with van der Waals surface area (Å²) in [5.41, 5.74) is 0.206. The second-order valence-electron chi connectivity index (χ2n) is 5.45. The lowest BCUT2D eigenvalue weighted by atomic mass is 9.78. The van der Waals surface area contributed by atoms with Crippen LogP contribution in [0.1, 0.15) is 25.0 Å². The van der Waals surface area contributed by atoms with E-state index in [9.17, 15) is 26.7 Å². The number of carbonyl (C=O) groups is 1. The number of rotatable bonds is 3. The number of alkyl halides is 5. The molecule has 4 nitrogen and oxygen atoms in total. The van der Waals surface area contributed by atoms with Gasteiger partial charge >= 0.3 is 6.18 Å². The van der Waals surface area contributed by atoms with E-state index in [-0.39, 0.29) is 17.4 Å². The minimum Gasteiger partial charge on any atom is -0.350 e. The summed E-state index contributed by atoms with van der Waals surface area (Å²) in [5.74, 6) is -8.01. The van der Waals surface area contributed by atoms with E-state index in [4.69, 9.17) is 11.6 Å². The van der Waals surface area contributed by atoms with Crippen LogP contribution in [0.25, 0.3) is 0 Å². The van der Waals surface area contributed by atoms with Crippen molar-refractivity contribution in [2.75, 3.05) is 0 Å². The number of aromatic nitrogens is 2. The second-order valence-corrected chi connectivity index (χ2v) is 5.81. The highest BCUT2D eigenvalue weighted by molar-refractivity contribution is 6.29. The maximum Gasteiger partial charge on any atom is 0.392 e. The molecule has 1 heterocycles. The highest BCUT2D eigenvalue weighted by atomic mass is 35.5. The van der Waals surface area contributed by atoms with Gasteiger partial charge in [0, 0.05) is 31.2 Å². The summed E-state index contributed by atoms with van der Waals surface area (Å²) in [5, 5.41) is 2.32. The van der Waals surface area contributed by atoms with E-state index in [1.54, 1.807) is 0 Å². The lowest BCUT2D eigenvalue weighted by molar-refractivity contribution is -0.213. The van der Waals surface area contributed by atoms with Crippen LogP contribution in [0.4, 0.5) is 22.0 Å². The van der Waals surface area contributed by atoms with Crippen LogP contribution in [0.2, 0.25) is 5.15 Å². The van der Waals surface area contributed by atoms with Crippen molar-refractivity contribution in [1.82, 2.24) is 15.3 Å². The molecule has 2 atom stereocenters. The molecule has 1 amide bonds. The average molecular weight is 358 g/mol. The Labute approximate surface area is 133 Å². The van der Waals surface area contributed by atoms with Crippen molar-refractivity contribution >= 4 is 17.5 Å². The van der Waals surface area contributed by atoms with Gasteiger partial charge in [0.25, 0.3) is 0 Å². The fourth-order valence-corrected chi connectivity index (χ4v) is 2.72. The molecule has 1 aromatic heterocycles. The monoisotopic (exact) mass is 357 g/mol. The van der Waals surface area contributed by atoms with Gasteiger partial charge in [0.15, 0.2) is 5.15 Å². The predicted octanol–water partition coefficient (Wildman–Crippen LogP) is 3.36. The third kappa shape index (κ3) is 4.73. The first kappa shape index (κ1) is 17.8. The first-order chi connectivity index (χ1) is 10.6. The van der Waals surface area contributed by atoms with Gasteiger partial charge in [-0.25, -0.2) is 13.8 Å². The average Bonchev–Trinajstić information content (AvgIpc) is 2.43. The van der Waals surface area contributed by atoms with Crippen molar-refractivity contribution in [2.45, 2.75) is 37.9 Å². The molecular formula is C13H13ClF5N3O. The Kier molecular flexibility index (Phi) is 5.07. The summed E-state index contributed by atoms with van der Waals surface area (Å²) < 4.78 is 65.2. The van der Waals surface area contributed by atoms with Gasteiger partial charge in [-0.2, -0.15) is 13.2 Å². The molecule has 1 saturated carbocycles. The minimum atomic E-state index is -4.75. The van der Waals surface area contributed by atoms with Crippen molar-refractivity contribution in [3.63, 3.8) is 0 Å². The number of hydrogen-bond donors (Lipinski definition) is 1. The molecule has 10 heteroatoms. The third-order valence-electron chi connectivity index (χ3n) is 3.65. The van der Waals surface area contributed by atoms with Crippen molar-refractivity contribution in [3.8, 4) is 0 Å². The molecule has 0 aliphatic heterocycles. The first-order valence-electron chi connectivity index (χ1n) is 6.76. The van der Waals surface area contributed by atoms with E-state index in [0.29, 0.717) is 0 Å². The zero-order valence-corrected chi connectivity index (χ0v) is 12.5. The Hall–Kier alpha value is -1.51. The van der Waals surface area contributed by atoms with E-state index in [1.807, 2.05) is 0 Å². The van der Waals surface area contributed by atoms with Gasteiger partial charge in [-0.05, 0) is 6.42 Å². The summed E-state index contributed by atoms with van der Waals surface area (Å²) in [6.07, 6.45) is -4.95. The Morgan fingerprint density at radius 1 is 1.30 bits per heavy atom. The van der Waals surface area contributed by atoms with Crippen molar-refractivity contribution in [1.29, 1.82) is 0 Å². The summed E-state index contributed by atoms with van der Waals surface area (Å²) >= 11 is 5.73. The number of nitrogens with one attached hydrogen (secondary N) is 1. The Balaban J connectivity index is 2.02. The number of hydrogen-bond acceptors (Lipinski definition) is 3. The van der Waals surface area contributed by atoms with E-state index >= 15 is 0 Å². The summed E-state index contributed by atoms with van der Waals surface area (Å²) in [6.45, 7) is -0.190. The normalized spacial score (nSPS) is 24.3. The van der Waals surface area contributed by atoms with Crippen molar-refractivity contribution < 1.29 is 26.7 Å². The Bertz CT molecular complexity index is 581. The zero-order valence-electron chi connectivity index (χ0n) is 11.7. The quantitative estimate of drug-likeness (QED) is 0.844. The second kappa shape index (κ2) is 6.54. The molecule has 1 aliphatic rings. The molecule has 0 spiro atoms. The molecule has 1 aliphatic carbocycles. The number of amides is 1. The molecule has 0 bridgehead atoms. The number of carbonyl (C=O) groups excluding carboxylic acids is 1. The van der Waals surface area contributed by atoms with Gasteiger partial charge in [-0.3, -0.25) is 9.78 Å². The predicted molar refractivity (Wildman–Crippen MR) is 70.7 cm³/mol. The van der Waals surface area contributed by atoms with Gasteiger partial charge in [-0.1, -0.05) is 11.6 Å². The number of nitrogens with zero attached hydrogens (tertiary/aromatic N) is 2. The molecule has 0 aromatic carbocycles. The van der Waals surface area contributed by atoms with Crippen LogP contribution in [0.3, 0.4) is 0 Å². The molecule has 128 valence electrons. The molecule has 1 N–H and O–H groups in total. The highest BCUT2D eigenvalue weighted by Crippen LogP contribution is 2.46. The van der Waals surface area contributed by atoms with Crippen LogP contribution in [0.15, 0.2) is 12.4 Å². The van der Waals surface area contributed by atoms with E-state index in [0.717, 1.165) is 0 Å². The standard InChI is InChI=1S/C13H13ClF5N3O/c14-10-9(20-1-2-21-10)6-22-11(23)7-3-8(13(17,18)19)5-12(15,16)4-7/h1-2,7-8H,3-6H2,(H,22,23). The Morgan fingerprint density at radius 2 is 1.96 bits per heavy atom. The molecular weight excluding hydrogens is 345 g/mol. The van der Waals surface area contributed by atoms with Crippen LogP contribution in [0.5, 0.6) is 0 Å². The molecule has 0 radical (unpaired) electrons. The fraction of sp³-hybridized carbons (Fsp3) is 0.615. The van der Waals surface area contributed by atoms with E-state index < -0.39 is 49.1 Å². The maximum absolute atomic E-state index is 13.5. The molecule has 23 heavy (non-hydrogen) atoms. The Morgan fingerprint density at radius 3 is 2.57 bits per heavy atom. The molecule has 1 aromatic rings. The SMILES string of the molecule is O=C(NCc1nccnc1Cl)C1CC(C(F)(F)F)CC(F)(F)C1. The fourth-order valence-electron chi connectivity index (χ4n) is 2.55. The van der Waals surface area contributed by atoms with Crippen LogP contribution in [0, 0.1) is 11.8 Å². The maximum atomic E-state index is 13.5. The molecule has 1 fully saturated rings. The number of halogens is 6. The van der Waals surface area contributed by atoms with Gasteiger partial charge in [0.05, 0.1) is 18.2 Å². The van der Waals surface area contributed by atoms with Crippen LogP contribution in [-0.4, -0.2) is 28.0 Å². The van der Waals surface area contributed by atoms with Crippen molar-refractivity contribution in [3.05, 3.63) is 23.2 Å². The van der Waals surface area contributed by atoms with Gasteiger partial charge in [0.1, 0.15) is 0 Å². The third-order valence-corrected chi connectivity index (χ3v) is 3.96. The lowest BCUT2D eigenvalue weighted by Crippen LogP contribution is -2.44. The summed E-state index contributed by atoms with van der Waals surface area (Å²) in [4.78, 5) is 19.5. The molecule has 2 rings (SSSR count). The topological polar surface area (TPSA) is 54.9 Å². The van der Waals surface area contributed by atoms with E-state index in [1.165, 1.54) is 12.4 Å². The lowest BCUT2D eigenvalue weighted by Gasteiger charge is -2.34.